The maximum atomic E-state index is 8.75. The first-order valence-electron chi connectivity index (χ1n) is 3.49. The van der Waals surface area contributed by atoms with E-state index in [0.717, 1.165) is 0 Å². The molecule has 0 bridgehead atoms. The summed E-state index contributed by atoms with van der Waals surface area (Å²) in [5.74, 6) is -0.320. The monoisotopic (exact) mass is 155 g/mol. The van der Waals surface area contributed by atoms with Crippen molar-refractivity contribution < 1.29 is 14.8 Å². The van der Waals surface area contributed by atoms with Gasteiger partial charge in [-0.05, 0) is 13.3 Å². The van der Waals surface area contributed by atoms with Gasteiger partial charge in [-0.25, -0.2) is 0 Å². The first-order chi connectivity index (χ1) is 5.07. The van der Waals surface area contributed by atoms with Crippen molar-refractivity contribution in [1.29, 1.82) is 5.26 Å². The van der Waals surface area contributed by atoms with Crippen LogP contribution in [-0.2, 0) is 4.74 Å². The normalized spacial score (nSPS) is 36.7. The molecule has 1 saturated heterocycles. The van der Waals surface area contributed by atoms with Gasteiger partial charge < -0.3 is 14.8 Å². The molecule has 0 radical (unpaired) electrons. The molecule has 1 rings (SSSR count). The third-order valence-corrected chi connectivity index (χ3v) is 1.93. The van der Waals surface area contributed by atoms with Gasteiger partial charge in [-0.15, -0.1) is 0 Å². The number of hydrogen-bond acceptors (Lipinski definition) is 4. The second-order valence-corrected chi connectivity index (χ2v) is 3.03. The summed E-state index contributed by atoms with van der Waals surface area (Å²) in [5.41, 5.74) is -0.825. The third kappa shape index (κ3) is 1.72. The molecular formula is C6H10BNO3. The molecular weight excluding hydrogens is 145 g/mol. The molecule has 0 aromatic rings. The van der Waals surface area contributed by atoms with Crippen molar-refractivity contribution in [2.24, 2.45) is 0 Å². The van der Waals surface area contributed by atoms with Crippen LogP contribution in [0, 0.1) is 11.3 Å². The predicted molar refractivity (Wildman–Crippen MR) is 38.5 cm³/mol. The molecule has 1 aliphatic rings. The maximum Gasteiger partial charge on any atom is 0.457 e. The Balaban J connectivity index is 2.55. The lowest BCUT2D eigenvalue weighted by atomic mass is 9.70. The Kier molecular flexibility index (Phi) is 2.19. The molecule has 60 valence electrons. The summed E-state index contributed by atoms with van der Waals surface area (Å²) >= 11 is 0. The molecule has 0 aromatic carbocycles. The second-order valence-electron chi connectivity index (χ2n) is 3.03. The van der Waals surface area contributed by atoms with Gasteiger partial charge in [-0.3, -0.25) is 0 Å². The van der Waals surface area contributed by atoms with Crippen LogP contribution < -0.4 is 0 Å². The molecule has 0 spiro atoms. The van der Waals surface area contributed by atoms with Crippen molar-refractivity contribution in [2.45, 2.75) is 24.8 Å². The van der Waals surface area contributed by atoms with E-state index in [0.29, 0.717) is 6.42 Å². The molecule has 2 atom stereocenters. The lowest BCUT2D eigenvalue weighted by Gasteiger charge is -2.11. The lowest BCUT2D eigenvalue weighted by molar-refractivity contribution is 0.0673. The van der Waals surface area contributed by atoms with Crippen LogP contribution in [0.4, 0.5) is 0 Å². The van der Waals surface area contributed by atoms with Crippen molar-refractivity contribution in [2.75, 3.05) is 6.61 Å². The van der Waals surface area contributed by atoms with Crippen LogP contribution in [0.25, 0.3) is 0 Å². The van der Waals surface area contributed by atoms with Gasteiger partial charge in [0.2, 0.25) is 0 Å². The van der Waals surface area contributed by atoms with Crippen molar-refractivity contribution in [1.82, 2.24) is 0 Å². The molecule has 0 saturated carbocycles. The van der Waals surface area contributed by atoms with Gasteiger partial charge in [0.1, 0.15) is 0 Å². The Hall–Kier alpha value is -0.565. The molecule has 1 aliphatic heterocycles. The van der Waals surface area contributed by atoms with E-state index in [2.05, 4.69) is 0 Å². The van der Waals surface area contributed by atoms with Gasteiger partial charge in [-0.2, -0.15) is 5.26 Å². The minimum absolute atomic E-state index is 0.252. The van der Waals surface area contributed by atoms with E-state index in [-0.39, 0.29) is 12.4 Å². The van der Waals surface area contributed by atoms with Crippen LogP contribution in [0.3, 0.4) is 0 Å². The summed E-state index contributed by atoms with van der Waals surface area (Å²) in [6, 6.07) is 1.98. The highest BCUT2D eigenvalue weighted by atomic mass is 16.5. The first-order valence-corrected chi connectivity index (χ1v) is 3.49. The van der Waals surface area contributed by atoms with Gasteiger partial charge in [0.05, 0.1) is 12.7 Å². The molecule has 0 aromatic heterocycles. The zero-order valence-electron chi connectivity index (χ0n) is 6.32. The van der Waals surface area contributed by atoms with Crippen LogP contribution in [0.2, 0.25) is 5.82 Å². The molecule has 1 fully saturated rings. The Morgan fingerprint density at radius 3 is 2.64 bits per heavy atom. The molecule has 5 heteroatoms. The Morgan fingerprint density at radius 2 is 2.36 bits per heavy atom. The van der Waals surface area contributed by atoms with E-state index in [4.69, 9.17) is 20.0 Å². The molecule has 1 heterocycles. The Bertz CT molecular complexity index is 191. The van der Waals surface area contributed by atoms with E-state index in [1.54, 1.807) is 6.92 Å². The molecule has 2 unspecified atom stereocenters. The van der Waals surface area contributed by atoms with Crippen molar-refractivity contribution in [3.8, 4) is 6.07 Å². The molecule has 2 N–H and O–H groups in total. The summed E-state index contributed by atoms with van der Waals surface area (Å²) in [5, 5.41) is 26.1. The van der Waals surface area contributed by atoms with Crippen molar-refractivity contribution >= 4 is 7.12 Å². The Labute approximate surface area is 65.5 Å². The number of hydrogen-bond donors (Lipinski definition) is 2. The smallest absolute Gasteiger partial charge is 0.427 e. The van der Waals surface area contributed by atoms with Crippen LogP contribution in [0.1, 0.15) is 13.3 Å². The van der Waals surface area contributed by atoms with Gasteiger partial charge in [0.25, 0.3) is 0 Å². The highest BCUT2D eigenvalue weighted by Gasteiger charge is 2.41. The summed E-state index contributed by atoms with van der Waals surface area (Å²) in [7, 11) is -1.37. The fraction of sp³-hybridized carbons (Fsp3) is 0.833. The van der Waals surface area contributed by atoms with Crippen molar-refractivity contribution in [3.63, 3.8) is 0 Å². The minimum atomic E-state index is -1.37. The fourth-order valence-electron chi connectivity index (χ4n) is 1.18. The lowest BCUT2D eigenvalue weighted by Crippen LogP contribution is -2.23. The van der Waals surface area contributed by atoms with Crippen LogP contribution in [0.5, 0.6) is 0 Å². The van der Waals surface area contributed by atoms with Gasteiger partial charge in [0.15, 0.2) is 5.60 Å². The Morgan fingerprint density at radius 1 is 1.73 bits per heavy atom. The number of nitriles is 1. The number of rotatable bonds is 1. The second kappa shape index (κ2) is 2.82. The van der Waals surface area contributed by atoms with E-state index >= 15 is 0 Å². The van der Waals surface area contributed by atoms with Gasteiger partial charge in [0, 0.05) is 5.82 Å². The van der Waals surface area contributed by atoms with Crippen LogP contribution in [-0.4, -0.2) is 29.4 Å². The first kappa shape index (κ1) is 8.53. The average Bonchev–Trinajstić information content (AvgIpc) is 2.33. The van der Waals surface area contributed by atoms with Gasteiger partial charge >= 0.3 is 7.12 Å². The highest BCUT2D eigenvalue weighted by molar-refractivity contribution is 6.43. The summed E-state index contributed by atoms with van der Waals surface area (Å²) in [6.45, 7) is 1.90. The molecule has 11 heavy (non-hydrogen) atoms. The molecule has 0 aliphatic carbocycles. The van der Waals surface area contributed by atoms with Crippen LogP contribution in [0.15, 0.2) is 0 Å². The topological polar surface area (TPSA) is 73.5 Å². The zero-order valence-corrected chi connectivity index (χ0v) is 6.32. The minimum Gasteiger partial charge on any atom is -0.427 e. The summed E-state index contributed by atoms with van der Waals surface area (Å²) in [6.07, 6.45) is 0.390. The summed E-state index contributed by atoms with van der Waals surface area (Å²) in [4.78, 5) is 0. The quantitative estimate of drug-likeness (QED) is 0.502. The standard InChI is InChI=1S/C6H10BNO3/c1-6(4-8)2-5(3-11-6)7(9)10/h5,9-10H,2-3H2,1H3. The van der Waals surface area contributed by atoms with E-state index in [9.17, 15) is 0 Å². The van der Waals surface area contributed by atoms with Gasteiger partial charge in [-0.1, -0.05) is 0 Å². The van der Waals surface area contributed by atoms with E-state index in [1.807, 2.05) is 6.07 Å². The number of nitrogens with zero attached hydrogens (tertiary/aromatic N) is 1. The summed E-state index contributed by atoms with van der Waals surface area (Å²) < 4.78 is 5.08. The zero-order chi connectivity index (χ0) is 8.48. The largest absolute Gasteiger partial charge is 0.457 e. The highest BCUT2D eigenvalue weighted by Crippen LogP contribution is 2.33. The molecule has 0 amide bonds. The maximum absolute atomic E-state index is 8.75. The van der Waals surface area contributed by atoms with E-state index < -0.39 is 12.7 Å². The van der Waals surface area contributed by atoms with Crippen LogP contribution >= 0.6 is 0 Å². The SMILES string of the molecule is CC1(C#N)CC(B(O)O)CO1. The fourth-order valence-corrected chi connectivity index (χ4v) is 1.18. The average molecular weight is 155 g/mol. The molecule has 4 nitrogen and oxygen atoms in total. The van der Waals surface area contributed by atoms with E-state index in [1.165, 1.54) is 0 Å². The third-order valence-electron chi connectivity index (χ3n) is 1.93. The van der Waals surface area contributed by atoms with Crippen molar-refractivity contribution in [3.05, 3.63) is 0 Å². The predicted octanol–water partition coefficient (Wildman–Crippen LogP) is -0.468. The number of ether oxygens (including phenoxy) is 1.